The SMILES string of the molecule is CNC(c1c(OC)cnn1C(C)C)C1CCCCS1(=O)=O. The molecule has 120 valence electrons. The summed E-state index contributed by atoms with van der Waals surface area (Å²) in [6, 6.07) is -0.152. The van der Waals surface area contributed by atoms with Crippen LogP contribution in [0, 0.1) is 0 Å². The lowest BCUT2D eigenvalue weighted by Crippen LogP contribution is -2.40. The van der Waals surface area contributed by atoms with Crippen molar-refractivity contribution in [1.82, 2.24) is 15.1 Å². The van der Waals surface area contributed by atoms with E-state index in [4.69, 9.17) is 4.74 Å². The van der Waals surface area contributed by atoms with Crippen molar-refractivity contribution in [3.8, 4) is 5.75 Å². The molecule has 1 saturated heterocycles. The number of rotatable bonds is 5. The highest BCUT2D eigenvalue weighted by Crippen LogP contribution is 2.35. The molecule has 0 radical (unpaired) electrons. The summed E-state index contributed by atoms with van der Waals surface area (Å²) in [4.78, 5) is 0. The monoisotopic (exact) mass is 315 g/mol. The summed E-state index contributed by atoms with van der Waals surface area (Å²) in [5.41, 5.74) is 0.825. The van der Waals surface area contributed by atoms with Gasteiger partial charge in [-0.3, -0.25) is 4.68 Å². The average Bonchev–Trinajstić information content (AvgIpc) is 2.85. The van der Waals surface area contributed by atoms with Crippen LogP contribution in [0.4, 0.5) is 0 Å². The van der Waals surface area contributed by atoms with Crippen LogP contribution in [0.1, 0.15) is 50.9 Å². The van der Waals surface area contributed by atoms with Crippen LogP contribution in [0.2, 0.25) is 0 Å². The third-order valence-corrected chi connectivity index (χ3v) is 6.40. The molecule has 2 rings (SSSR count). The number of nitrogens with zero attached hydrogens (tertiary/aromatic N) is 2. The van der Waals surface area contributed by atoms with Crippen LogP contribution in [-0.4, -0.2) is 43.4 Å². The van der Waals surface area contributed by atoms with E-state index in [2.05, 4.69) is 10.4 Å². The fourth-order valence-corrected chi connectivity index (χ4v) is 5.19. The predicted molar refractivity (Wildman–Crippen MR) is 82.4 cm³/mol. The van der Waals surface area contributed by atoms with Gasteiger partial charge in [0.2, 0.25) is 0 Å². The molecule has 2 unspecified atom stereocenters. The van der Waals surface area contributed by atoms with Gasteiger partial charge in [0.25, 0.3) is 0 Å². The summed E-state index contributed by atoms with van der Waals surface area (Å²) < 4.78 is 32.1. The number of sulfone groups is 1. The van der Waals surface area contributed by atoms with Gasteiger partial charge in [0, 0.05) is 6.04 Å². The summed E-state index contributed by atoms with van der Waals surface area (Å²) in [6.45, 7) is 4.05. The number of ether oxygens (including phenoxy) is 1. The van der Waals surface area contributed by atoms with E-state index in [0.717, 1.165) is 18.5 Å². The van der Waals surface area contributed by atoms with Gasteiger partial charge in [-0.15, -0.1) is 0 Å². The fourth-order valence-electron chi connectivity index (χ4n) is 3.07. The van der Waals surface area contributed by atoms with Crippen molar-refractivity contribution >= 4 is 9.84 Å². The molecular weight excluding hydrogens is 290 g/mol. The Morgan fingerprint density at radius 3 is 2.67 bits per heavy atom. The highest BCUT2D eigenvalue weighted by molar-refractivity contribution is 7.92. The van der Waals surface area contributed by atoms with E-state index >= 15 is 0 Å². The van der Waals surface area contributed by atoms with Gasteiger partial charge in [0.15, 0.2) is 15.6 Å². The standard InChI is InChI=1S/C14H25N3O3S/c1-10(2)17-14(11(20-4)9-16-17)13(15-3)12-7-5-6-8-21(12,18)19/h9-10,12-13,15H,5-8H2,1-4H3. The Kier molecular flexibility index (Phi) is 4.93. The second kappa shape index (κ2) is 6.36. The molecule has 0 saturated carbocycles. The van der Waals surface area contributed by atoms with Crippen molar-refractivity contribution in [1.29, 1.82) is 0 Å². The maximum absolute atomic E-state index is 12.4. The Balaban J connectivity index is 2.48. The highest BCUT2D eigenvalue weighted by atomic mass is 32.2. The predicted octanol–water partition coefficient (Wildman–Crippen LogP) is 1.70. The lowest BCUT2D eigenvalue weighted by atomic mass is 10.0. The first-order valence-electron chi connectivity index (χ1n) is 7.42. The van der Waals surface area contributed by atoms with Gasteiger partial charge >= 0.3 is 0 Å². The average molecular weight is 315 g/mol. The second-order valence-corrected chi connectivity index (χ2v) is 8.14. The van der Waals surface area contributed by atoms with Crippen LogP contribution in [0.25, 0.3) is 0 Å². The summed E-state index contributed by atoms with van der Waals surface area (Å²) in [5, 5.41) is 7.12. The van der Waals surface area contributed by atoms with Gasteiger partial charge in [-0.2, -0.15) is 5.10 Å². The Bertz CT molecular complexity index is 580. The lowest BCUT2D eigenvalue weighted by Gasteiger charge is -2.31. The molecule has 0 aromatic carbocycles. The molecule has 1 fully saturated rings. The molecule has 21 heavy (non-hydrogen) atoms. The summed E-state index contributed by atoms with van der Waals surface area (Å²) >= 11 is 0. The Morgan fingerprint density at radius 1 is 1.43 bits per heavy atom. The van der Waals surface area contributed by atoms with Crippen molar-refractivity contribution in [2.75, 3.05) is 19.9 Å². The zero-order chi connectivity index (χ0) is 15.6. The summed E-state index contributed by atoms with van der Waals surface area (Å²) in [5.74, 6) is 0.914. The van der Waals surface area contributed by atoms with E-state index in [1.807, 2.05) is 18.5 Å². The molecule has 1 aromatic rings. The largest absolute Gasteiger partial charge is 0.493 e. The zero-order valence-electron chi connectivity index (χ0n) is 13.2. The van der Waals surface area contributed by atoms with Crippen molar-refractivity contribution in [2.24, 2.45) is 0 Å². The number of hydrogen-bond donors (Lipinski definition) is 1. The van der Waals surface area contributed by atoms with Crippen LogP contribution >= 0.6 is 0 Å². The Hall–Kier alpha value is -1.08. The number of nitrogens with one attached hydrogen (secondary N) is 1. The second-order valence-electron chi connectivity index (χ2n) is 5.80. The molecule has 1 N–H and O–H groups in total. The fraction of sp³-hybridized carbons (Fsp3) is 0.786. The van der Waals surface area contributed by atoms with E-state index in [0.29, 0.717) is 12.2 Å². The smallest absolute Gasteiger partial charge is 0.161 e. The van der Waals surface area contributed by atoms with Crippen LogP contribution in [0.15, 0.2) is 6.20 Å². The first-order valence-corrected chi connectivity index (χ1v) is 9.14. The maximum atomic E-state index is 12.4. The lowest BCUT2D eigenvalue weighted by molar-refractivity contribution is 0.376. The van der Waals surface area contributed by atoms with Gasteiger partial charge in [-0.25, -0.2) is 8.42 Å². The summed E-state index contributed by atoms with van der Waals surface area (Å²) in [7, 11) is 0.301. The van der Waals surface area contributed by atoms with E-state index in [9.17, 15) is 8.42 Å². The maximum Gasteiger partial charge on any atom is 0.161 e. The topological polar surface area (TPSA) is 73.2 Å². The van der Waals surface area contributed by atoms with E-state index in [1.165, 1.54) is 0 Å². The molecule has 1 aliphatic heterocycles. The molecule has 2 atom stereocenters. The zero-order valence-corrected chi connectivity index (χ0v) is 14.0. The Labute approximate surface area is 126 Å². The minimum atomic E-state index is -3.09. The van der Waals surface area contributed by atoms with Crippen molar-refractivity contribution in [3.63, 3.8) is 0 Å². The number of methoxy groups -OCH3 is 1. The van der Waals surface area contributed by atoms with Gasteiger partial charge in [-0.1, -0.05) is 6.42 Å². The Morgan fingerprint density at radius 2 is 2.14 bits per heavy atom. The highest BCUT2D eigenvalue weighted by Gasteiger charge is 2.39. The molecule has 6 nitrogen and oxygen atoms in total. The van der Waals surface area contributed by atoms with Crippen LogP contribution in [0.3, 0.4) is 0 Å². The molecule has 2 heterocycles. The molecule has 1 aromatic heterocycles. The van der Waals surface area contributed by atoms with Gasteiger partial charge in [-0.05, 0) is 33.7 Å². The molecule has 0 bridgehead atoms. The summed E-state index contributed by atoms with van der Waals surface area (Å²) in [6.07, 6.45) is 4.05. The number of aromatic nitrogens is 2. The van der Waals surface area contributed by atoms with Crippen molar-refractivity contribution in [2.45, 2.75) is 50.4 Å². The minimum absolute atomic E-state index is 0.144. The van der Waals surface area contributed by atoms with Crippen LogP contribution in [-0.2, 0) is 9.84 Å². The van der Waals surface area contributed by atoms with E-state index < -0.39 is 15.1 Å². The number of hydrogen-bond acceptors (Lipinski definition) is 5. The molecule has 0 spiro atoms. The minimum Gasteiger partial charge on any atom is -0.493 e. The van der Waals surface area contributed by atoms with Crippen LogP contribution in [0.5, 0.6) is 5.75 Å². The van der Waals surface area contributed by atoms with Crippen LogP contribution < -0.4 is 10.1 Å². The van der Waals surface area contributed by atoms with Crippen molar-refractivity contribution in [3.05, 3.63) is 11.9 Å². The normalized spacial score (nSPS) is 23.2. The van der Waals surface area contributed by atoms with E-state index in [-0.39, 0.29) is 17.8 Å². The van der Waals surface area contributed by atoms with Gasteiger partial charge in [0.1, 0.15) is 0 Å². The van der Waals surface area contributed by atoms with Crippen molar-refractivity contribution < 1.29 is 13.2 Å². The molecular formula is C14H25N3O3S. The van der Waals surface area contributed by atoms with Gasteiger partial charge in [0.05, 0.1) is 36.0 Å². The first kappa shape index (κ1) is 16.3. The van der Waals surface area contributed by atoms with E-state index in [1.54, 1.807) is 20.4 Å². The van der Waals surface area contributed by atoms with Gasteiger partial charge < -0.3 is 10.1 Å². The third-order valence-electron chi connectivity index (χ3n) is 4.11. The quantitative estimate of drug-likeness (QED) is 0.895. The first-order chi connectivity index (χ1) is 9.92. The molecule has 0 amide bonds. The third kappa shape index (κ3) is 3.08. The molecule has 0 aliphatic carbocycles. The molecule has 7 heteroatoms. The molecule has 1 aliphatic rings.